The van der Waals surface area contributed by atoms with Gasteiger partial charge in [0, 0.05) is 63.4 Å². The summed E-state index contributed by atoms with van der Waals surface area (Å²) < 4.78 is 53.6. The standard InChI is InChI=1S/C51H82N6O13/c1-15-38-51(10)42(57(48(62)70-51)53-22-19-23-56-27-36(52-28-56)35-20-17-16-18-21-35)33(6)54-45(60)29(2)25-50(9,64-14)44(69-47-40(58)37(55(11)12)24-30(3)65-47)31(4)41(32(5)46(61)67-38)68-39-26-49(8,63-13)43(59)34(7)66-39/h16-18,20-21,27-34,37-44,47,53,58-59H,15,19,22-26H2,1-14H3,(H,54,60)/t29-,30-,31+,32-,33?,34+,37+,38-,39+,40-,41+,42-,43+,44-,47+,49-,50+,51-/m1/s1. The summed E-state index contributed by atoms with van der Waals surface area (Å²) in [6.07, 6.45) is -3.44. The second-order valence-corrected chi connectivity index (χ2v) is 21.1. The molecular formula is C51H82N6O13. The highest BCUT2D eigenvalue weighted by molar-refractivity contribution is 5.79. The van der Waals surface area contributed by atoms with E-state index in [0.717, 1.165) is 11.3 Å². The Morgan fingerprint density at radius 1 is 0.943 bits per heavy atom. The van der Waals surface area contributed by atoms with Crippen LogP contribution in [0, 0.1) is 17.8 Å². The van der Waals surface area contributed by atoms with Gasteiger partial charge in [-0.2, -0.15) is 0 Å². The molecule has 1 aromatic carbocycles. The van der Waals surface area contributed by atoms with Gasteiger partial charge < -0.3 is 62.9 Å². The fourth-order valence-electron chi connectivity index (χ4n) is 11.2. The highest BCUT2D eigenvalue weighted by atomic mass is 16.7. The number of benzene rings is 1. The lowest BCUT2D eigenvalue weighted by molar-refractivity contribution is -0.319. The van der Waals surface area contributed by atoms with Gasteiger partial charge in [0.25, 0.3) is 0 Å². The minimum atomic E-state index is -1.46. The predicted molar refractivity (Wildman–Crippen MR) is 259 cm³/mol. The number of aliphatic hydroxyl groups is 2. The molecule has 70 heavy (non-hydrogen) atoms. The summed E-state index contributed by atoms with van der Waals surface area (Å²) >= 11 is 0. The third-order valence-corrected chi connectivity index (χ3v) is 15.5. The number of carbonyl (C=O) groups is 3. The molecule has 0 aliphatic carbocycles. The van der Waals surface area contributed by atoms with E-state index in [0.29, 0.717) is 25.9 Å². The molecule has 4 N–H and O–H groups in total. The van der Waals surface area contributed by atoms with E-state index in [1.807, 2.05) is 94.7 Å². The number of carbonyl (C=O) groups excluding carboxylic acids is 3. The second-order valence-electron chi connectivity index (χ2n) is 21.1. The van der Waals surface area contributed by atoms with Crippen molar-refractivity contribution in [1.29, 1.82) is 0 Å². The summed E-state index contributed by atoms with van der Waals surface area (Å²) in [5, 5.41) is 27.6. The lowest BCUT2D eigenvalue weighted by Crippen LogP contribution is -2.63. The average molecular weight is 987 g/mol. The molecule has 1 unspecified atom stereocenters. The Morgan fingerprint density at radius 2 is 1.63 bits per heavy atom. The first-order chi connectivity index (χ1) is 33.0. The molecule has 18 atom stereocenters. The van der Waals surface area contributed by atoms with Gasteiger partial charge >= 0.3 is 12.1 Å². The zero-order valence-electron chi connectivity index (χ0n) is 43.8. The number of nitrogens with one attached hydrogen (secondary N) is 2. The van der Waals surface area contributed by atoms with E-state index in [1.165, 1.54) is 19.2 Å². The molecule has 1 aromatic heterocycles. The van der Waals surface area contributed by atoms with Crippen molar-refractivity contribution in [2.45, 2.75) is 198 Å². The lowest BCUT2D eigenvalue weighted by Gasteiger charge is -2.49. The van der Waals surface area contributed by atoms with Crippen LogP contribution in [0.25, 0.3) is 11.3 Å². The number of aliphatic hydroxyl groups excluding tert-OH is 2. The molecule has 4 saturated heterocycles. The quantitative estimate of drug-likeness (QED) is 0.150. The summed E-state index contributed by atoms with van der Waals surface area (Å²) in [5.74, 6) is -3.45. The molecule has 0 saturated carbocycles. The smallest absolute Gasteiger partial charge is 0.425 e. The van der Waals surface area contributed by atoms with E-state index >= 15 is 0 Å². The number of fused-ring (bicyclic) bond motifs is 1. The lowest BCUT2D eigenvalue weighted by atomic mass is 9.77. The summed E-state index contributed by atoms with van der Waals surface area (Å²) in [5.41, 5.74) is 1.36. The topological polar surface area (TPSA) is 214 Å². The number of aryl methyl sites for hydroxylation is 1. The zero-order chi connectivity index (χ0) is 51.5. The third kappa shape index (κ3) is 11.9. The van der Waals surface area contributed by atoms with Gasteiger partial charge in [0.15, 0.2) is 18.2 Å². The van der Waals surface area contributed by atoms with Gasteiger partial charge in [0.1, 0.15) is 24.4 Å². The average Bonchev–Trinajstić information content (AvgIpc) is 3.90. The number of ether oxygens (including phenoxy) is 8. The first-order valence-electron chi connectivity index (χ1n) is 25.1. The van der Waals surface area contributed by atoms with Crippen LogP contribution in [0.2, 0.25) is 0 Å². The number of cyclic esters (lactones) is 1. The maximum atomic E-state index is 15.0. The molecule has 2 aromatic rings. The molecule has 394 valence electrons. The highest BCUT2D eigenvalue weighted by Gasteiger charge is 2.60. The van der Waals surface area contributed by atoms with Gasteiger partial charge in [0.05, 0.1) is 59.6 Å². The molecule has 4 aliphatic rings. The van der Waals surface area contributed by atoms with Crippen LogP contribution < -0.4 is 10.7 Å². The van der Waals surface area contributed by atoms with Crippen molar-refractivity contribution in [3.63, 3.8) is 0 Å². The van der Waals surface area contributed by atoms with Gasteiger partial charge in [0.2, 0.25) is 5.91 Å². The first kappa shape index (κ1) is 55.6. The molecular weight excluding hydrogens is 905 g/mol. The van der Waals surface area contributed by atoms with E-state index in [-0.39, 0.29) is 37.3 Å². The number of amides is 2. The Labute approximate surface area is 414 Å². The molecule has 19 heteroatoms. The second kappa shape index (κ2) is 23.0. The molecule has 0 spiro atoms. The van der Waals surface area contributed by atoms with Crippen LogP contribution in [0.15, 0.2) is 42.9 Å². The van der Waals surface area contributed by atoms with E-state index < -0.39 is 108 Å². The minimum absolute atomic E-state index is 0.111. The Hall–Kier alpha value is -3.76. The van der Waals surface area contributed by atoms with Crippen molar-refractivity contribution in [3.8, 4) is 11.3 Å². The van der Waals surface area contributed by atoms with Crippen LogP contribution >= 0.6 is 0 Å². The number of rotatable bonds is 14. The summed E-state index contributed by atoms with van der Waals surface area (Å²) in [4.78, 5) is 50.1. The molecule has 5 heterocycles. The fourth-order valence-corrected chi connectivity index (χ4v) is 11.2. The fraction of sp³-hybridized carbons (Fsp3) is 0.765. The molecule has 6 rings (SSSR count). The largest absolute Gasteiger partial charge is 0.458 e. The Bertz CT molecular complexity index is 2050. The van der Waals surface area contributed by atoms with Crippen LogP contribution in [0.1, 0.15) is 101 Å². The Balaban J connectivity index is 1.35. The number of hydrogen-bond acceptors (Lipinski definition) is 16. The van der Waals surface area contributed by atoms with Crippen LogP contribution in [-0.4, -0.2) is 173 Å². The summed E-state index contributed by atoms with van der Waals surface area (Å²) in [6, 6.07) is 8.03. The van der Waals surface area contributed by atoms with Crippen LogP contribution in [0.4, 0.5) is 4.79 Å². The van der Waals surface area contributed by atoms with E-state index in [1.54, 1.807) is 40.9 Å². The normalized spacial score (nSPS) is 40.2. The van der Waals surface area contributed by atoms with E-state index in [4.69, 9.17) is 37.9 Å². The number of esters is 1. The number of hydrogen-bond donors (Lipinski definition) is 4. The van der Waals surface area contributed by atoms with Crippen molar-refractivity contribution >= 4 is 18.0 Å². The maximum Gasteiger partial charge on any atom is 0.425 e. The molecule has 4 fully saturated rings. The van der Waals surface area contributed by atoms with Crippen molar-refractivity contribution in [2.24, 2.45) is 17.8 Å². The number of hydrazine groups is 1. The minimum Gasteiger partial charge on any atom is -0.458 e. The summed E-state index contributed by atoms with van der Waals surface area (Å²) in [7, 11) is 6.84. The SMILES string of the molecule is CC[C@H]1OC(=O)[C@H](C)[C@@H](O[C@H]2C[C@@](C)(OC)[C@@H](O)[C@H](C)O2)[C@H](C)[C@@H](O[C@@H]2O[C@H](C)C[C@H](N(C)C)[C@H]2O)[C@@](C)(OC)C[C@@H](C)C(=O)NC(C)[C@H]2N(NCCCn3cnc(-c4ccccc4)c3)C(=O)O[C@]12C. The molecule has 2 amide bonds. The zero-order valence-corrected chi connectivity index (χ0v) is 43.8. The van der Waals surface area contributed by atoms with Crippen molar-refractivity contribution in [1.82, 2.24) is 30.2 Å². The van der Waals surface area contributed by atoms with Crippen molar-refractivity contribution in [2.75, 3.05) is 34.9 Å². The molecule has 4 aliphatic heterocycles. The van der Waals surface area contributed by atoms with Gasteiger partial charge in [-0.15, -0.1) is 0 Å². The van der Waals surface area contributed by atoms with Gasteiger partial charge in [-0.1, -0.05) is 51.1 Å². The van der Waals surface area contributed by atoms with Crippen LogP contribution in [0.3, 0.4) is 0 Å². The van der Waals surface area contributed by atoms with Crippen LogP contribution in [0.5, 0.6) is 0 Å². The Morgan fingerprint density at radius 3 is 2.27 bits per heavy atom. The predicted octanol–water partition coefficient (Wildman–Crippen LogP) is 4.67. The number of methoxy groups -OCH3 is 2. The number of likely N-dealkylation sites (N-methyl/N-ethyl adjacent to an activating group) is 1. The maximum absolute atomic E-state index is 15.0. The monoisotopic (exact) mass is 987 g/mol. The third-order valence-electron chi connectivity index (χ3n) is 15.5. The first-order valence-corrected chi connectivity index (χ1v) is 25.1. The van der Waals surface area contributed by atoms with Crippen LogP contribution in [-0.2, 0) is 54.0 Å². The number of aromatic nitrogens is 2. The Kier molecular flexibility index (Phi) is 18.2. The van der Waals surface area contributed by atoms with Crippen molar-refractivity contribution in [3.05, 3.63) is 42.9 Å². The van der Waals surface area contributed by atoms with E-state index in [9.17, 15) is 24.6 Å². The van der Waals surface area contributed by atoms with Gasteiger partial charge in [-0.3, -0.25) is 9.59 Å². The van der Waals surface area contributed by atoms with Crippen molar-refractivity contribution < 1.29 is 62.5 Å². The number of imidazole rings is 1. The molecule has 19 nitrogen and oxygen atoms in total. The van der Waals surface area contributed by atoms with Gasteiger partial charge in [-0.25, -0.2) is 20.2 Å². The summed E-state index contributed by atoms with van der Waals surface area (Å²) in [6.45, 7) is 19.0. The van der Waals surface area contributed by atoms with E-state index in [2.05, 4.69) is 15.7 Å². The highest BCUT2D eigenvalue weighted by Crippen LogP contribution is 2.42. The molecule has 0 radical (unpaired) electrons. The van der Waals surface area contributed by atoms with Gasteiger partial charge in [-0.05, 0) is 88.2 Å². The molecule has 0 bridgehead atoms. The number of nitrogens with zero attached hydrogens (tertiary/aromatic N) is 4.